The minimum absolute atomic E-state index is 0.0701. The van der Waals surface area contributed by atoms with Crippen LogP contribution in [0, 0.1) is 5.92 Å². The van der Waals surface area contributed by atoms with Gasteiger partial charge in [0.25, 0.3) is 0 Å². The Morgan fingerprint density at radius 1 is 1.06 bits per heavy atom. The molecule has 1 amide bonds. The topological polar surface area (TPSA) is 99.4 Å². The van der Waals surface area contributed by atoms with Crippen LogP contribution in [0.3, 0.4) is 0 Å². The molecule has 3 saturated heterocycles. The van der Waals surface area contributed by atoms with Gasteiger partial charge in [-0.1, -0.05) is 5.16 Å². The van der Waals surface area contributed by atoms with Gasteiger partial charge in [0.15, 0.2) is 17.3 Å². The van der Waals surface area contributed by atoms with Crippen LogP contribution in [0.1, 0.15) is 31.6 Å². The van der Waals surface area contributed by atoms with Crippen molar-refractivity contribution in [2.45, 2.75) is 38.0 Å². The van der Waals surface area contributed by atoms with E-state index in [0.29, 0.717) is 56.1 Å². The summed E-state index contributed by atoms with van der Waals surface area (Å²) in [6.07, 6.45) is 3.20. The van der Waals surface area contributed by atoms with Gasteiger partial charge in [0.05, 0.1) is 34.0 Å². The number of ether oxygens (including phenoxy) is 4. The minimum Gasteiger partial charge on any atom is -0.493 e. The molecule has 1 aromatic carbocycles. The van der Waals surface area contributed by atoms with Gasteiger partial charge in [-0.3, -0.25) is 9.69 Å². The first-order chi connectivity index (χ1) is 16.6. The smallest absolute Gasteiger partial charge is 0.241 e. The number of benzene rings is 1. The summed E-state index contributed by atoms with van der Waals surface area (Å²) < 4.78 is 27.7. The van der Waals surface area contributed by atoms with Crippen molar-refractivity contribution < 1.29 is 28.3 Å². The van der Waals surface area contributed by atoms with Crippen LogP contribution in [0.25, 0.3) is 11.4 Å². The molecule has 1 aromatic heterocycles. The summed E-state index contributed by atoms with van der Waals surface area (Å²) in [6, 6.07) is 5.53. The molecule has 0 aliphatic carbocycles. The van der Waals surface area contributed by atoms with E-state index in [1.807, 2.05) is 23.1 Å². The molecule has 34 heavy (non-hydrogen) atoms. The molecule has 4 heterocycles. The van der Waals surface area contributed by atoms with Crippen LogP contribution in [0.4, 0.5) is 0 Å². The van der Waals surface area contributed by atoms with Crippen LogP contribution in [0.5, 0.6) is 11.5 Å². The molecular weight excluding hydrogens is 440 g/mol. The third-order valence-electron chi connectivity index (χ3n) is 7.06. The highest BCUT2D eigenvalue weighted by Crippen LogP contribution is 2.33. The van der Waals surface area contributed by atoms with E-state index in [1.54, 1.807) is 14.2 Å². The second-order valence-electron chi connectivity index (χ2n) is 9.06. The standard InChI is InChI=1S/C24H32N4O6/c1-30-19-4-3-18(15-20(19)31-2)22-25-21(34-26-22)16-27-9-5-17(6-10-27)23(29)28-11-7-24(8-12-28)32-13-14-33-24/h3-4,15,17H,5-14,16H2,1-2H3. The Kier molecular flexibility index (Phi) is 6.71. The van der Waals surface area contributed by atoms with E-state index in [4.69, 9.17) is 23.5 Å². The molecule has 184 valence electrons. The number of carbonyl (C=O) groups is 1. The Bertz CT molecular complexity index is 987. The summed E-state index contributed by atoms with van der Waals surface area (Å²) >= 11 is 0. The molecule has 2 aromatic rings. The number of aromatic nitrogens is 2. The molecule has 3 fully saturated rings. The second kappa shape index (κ2) is 9.89. The zero-order chi connectivity index (χ0) is 23.5. The van der Waals surface area contributed by atoms with E-state index in [1.165, 1.54) is 0 Å². The molecule has 5 rings (SSSR count). The summed E-state index contributed by atoms with van der Waals surface area (Å²) in [5, 5.41) is 4.13. The van der Waals surface area contributed by atoms with Crippen molar-refractivity contribution in [2.75, 3.05) is 53.6 Å². The predicted molar refractivity (Wildman–Crippen MR) is 121 cm³/mol. The average molecular weight is 473 g/mol. The lowest BCUT2D eigenvalue weighted by atomic mass is 9.93. The lowest BCUT2D eigenvalue weighted by Gasteiger charge is -2.40. The molecule has 3 aliphatic rings. The summed E-state index contributed by atoms with van der Waals surface area (Å²) in [5.41, 5.74) is 0.800. The highest BCUT2D eigenvalue weighted by Gasteiger charge is 2.42. The van der Waals surface area contributed by atoms with Gasteiger partial charge in [-0.15, -0.1) is 0 Å². The Hall–Kier alpha value is -2.69. The third kappa shape index (κ3) is 4.75. The SMILES string of the molecule is COc1ccc(-c2noc(CN3CCC(C(=O)N4CCC5(CC4)OCCO5)CC3)n2)cc1OC. The van der Waals surface area contributed by atoms with Gasteiger partial charge in [-0.05, 0) is 44.1 Å². The van der Waals surface area contributed by atoms with Crippen molar-refractivity contribution in [3.63, 3.8) is 0 Å². The third-order valence-corrected chi connectivity index (χ3v) is 7.06. The number of hydrogen-bond acceptors (Lipinski definition) is 9. The highest BCUT2D eigenvalue weighted by molar-refractivity contribution is 5.79. The average Bonchev–Trinajstić information content (AvgIpc) is 3.54. The second-order valence-corrected chi connectivity index (χ2v) is 9.06. The molecule has 0 atom stereocenters. The van der Waals surface area contributed by atoms with Crippen molar-refractivity contribution in [3.8, 4) is 22.9 Å². The quantitative estimate of drug-likeness (QED) is 0.627. The Morgan fingerprint density at radius 2 is 1.76 bits per heavy atom. The van der Waals surface area contributed by atoms with E-state index in [0.717, 1.165) is 44.3 Å². The van der Waals surface area contributed by atoms with E-state index in [2.05, 4.69) is 15.0 Å². The predicted octanol–water partition coefficient (Wildman–Crippen LogP) is 2.33. The van der Waals surface area contributed by atoms with Crippen molar-refractivity contribution >= 4 is 5.91 Å². The molecule has 0 unspecified atom stereocenters. The molecule has 3 aliphatic heterocycles. The normalized spacial score (nSPS) is 21.2. The van der Waals surface area contributed by atoms with Crippen LogP contribution < -0.4 is 9.47 Å². The maximum absolute atomic E-state index is 13.0. The fourth-order valence-electron chi connectivity index (χ4n) is 5.05. The zero-order valence-electron chi connectivity index (χ0n) is 19.8. The number of likely N-dealkylation sites (tertiary alicyclic amines) is 2. The summed E-state index contributed by atoms with van der Waals surface area (Å²) in [6.45, 7) is 4.95. The first-order valence-electron chi connectivity index (χ1n) is 11.9. The van der Waals surface area contributed by atoms with E-state index in [9.17, 15) is 4.79 Å². The van der Waals surface area contributed by atoms with Gasteiger partial charge < -0.3 is 28.4 Å². The maximum Gasteiger partial charge on any atom is 0.241 e. The first-order valence-corrected chi connectivity index (χ1v) is 11.9. The number of carbonyl (C=O) groups excluding carboxylic acids is 1. The molecule has 10 heteroatoms. The number of nitrogens with zero attached hydrogens (tertiary/aromatic N) is 4. The van der Waals surface area contributed by atoms with Gasteiger partial charge in [-0.25, -0.2) is 0 Å². The number of hydrogen-bond donors (Lipinski definition) is 0. The highest BCUT2D eigenvalue weighted by atomic mass is 16.7. The van der Waals surface area contributed by atoms with E-state index < -0.39 is 5.79 Å². The van der Waals surface area contributed by atoms with Crippen molar-refractivity contribution in [3.05, 3.63) is 24.1 Å². The van der Waals surface area contributed by atoms with Gasteiger partial charge in [-0.2, -0.15) is 4.98 Å². The van der Waals surface area contributed by atoms with Crippen LogP contribution in [0.2, 0.25) is 0 Å². The lowest BCUT2D eigenvalue weighted by molar-refractivity contribution is -0.188. The first kappa shape index (κ1) is 23.1. The monoisotopic (exact) mass is 472 g/mol. The van der Waals surface area contributed by atoms with Crippen LogP contribution >= 0.6 is 0 Å². The molecule has 0 N–H and O–H groups in total. The van der Waals surface area contributed by atoms with Crippen LogP contribution in [-0.4, -0.2) is 85.2 Å². The number of amides is 1. The van der Waals surface area contributed by atoms with Gasteiger partial charge in [0, 0.05) is 37.4 Å². The fraction of sp³-hybridized carbons (Fsp3) is 0.625. The Balaban J connectivity index is 1.12. The van der Waals surface area contributed by atoms with Crippen molar-refractivity contribution in [1.29, 1.82) is 0 Å². The van der Waals surface area contributed by atoms with Crippen molar-refractivity contribution in [2.24, 2.45) is 5.92 Å². The molecule has 0 saturated carbocycles. The largest absolute Gasteiger partial charge is 0.493 e. The van der Waals surface area contributed by atoms with E-state index >= 15 is 0 Å². The van der Waals surface area contributed by atoms with Gasteiger partial charge in [0.2, 0.25) is 17.6 Å². The van der Waals surface area contributed by atoms with Gasteiger partial charge >= 0.3 is 0 Å². The molecule has 1 spiro atoms. The number of rotatable bonds is 6. The molecular formula is C24H32N4O6. The Morgan fingerprint density at radius 3 is 2.44 bits per heavy atom. The van der Waals surface area contributed by atoms with Crippen LogP contribution in [0.15, 0.2) is 22.7 Å². The van der Waals surface area contributed by atoms with E-state index in [-0.39, 0.29) is 11.8 Å². The molecule has 10 nitrogen and oxygen atoms in total. The number of piperidine rings is 2. The summed E-state index contributed by atoms with van der Waals surface area (Å²) in [4.78, 5) is 21.9. The molecule has 0 bridgehead atoms. The van der Waals surface area contributed by atoms with Crippen LogP contribution in [-0.2, 0) is 20.8 Å². The number of methoxy groups -OCH3 is 2. The Labute approximate surface area is 199 Å². The fourth-order valence-corrected chi connectivity index (χ4v) is 5.05. The van der Waals surface area contributed by atoms with Crippen molar-refractivity contribution in [1.82, 2.24) is 19.9 Å². The molecule has 0 radical (unpaired) electrons. The minimum atomic E-state index is -0.444. The zero-order valence-corrected chi connectivity index (χ0v) is 19.8. The maximum atomic E-state index is 13.0. The summed E-state index contributed by atoms with van der Waals surface area (Å²) in [5.74, 6) is 2.23. The lowest BCUT2D eigenvalue weighted by Crippen LogP contribution is -2.50. The van der Waals surface area contributed by atoms with Gasteiger partial charge in [0.1, 0.15) is 0 Å². The summed E-state index contributed by atoms with van der Waals surface area (Å²) in [7, 11) is 3.19.